The Labute approximate surface area is 74.2 Å². The van der Waals surface area contributed by atoms with Crippen molar-refractivity contribution in [3.8, 4) is 0 Å². The molecule has 1 aliphatic carbocycles. The van der Waals surface area contributed by atoms with Crippen LogP contribution >= 0.6 is 0 Å². The first kappa shape index (κ1) is 8.52. The van der Waals surface area contributed by atoms with Gasteiger partial charge in [0.25, 0.3) is 0 Å². The summed E-state index contributed by atoms with van der Waals surface area (Å²) in [6, 6.07) is 0. The molecule has 2 aliphatic rings. The number of hydrogen-bond acceptors (Lipinski definition) is 2. The molecule has 12 heavy (non-hydrogen) atoms. The van der Waals surface area contributed by atoms with Crippen molar-refractivity contribution >= 4 is 0 Å². The third-order valence-electron chi connectivity index (χ3n) is 3.12. The van der Waals surface area contributed by atoms with E-state index in [1.54, 1.807) is 0 Å². The minimum Gasteiger partial charge on any atom is -0.350 e. The van der Waals surface area contributed by atoms with Gasteiger partial charge in [0.2, 0.25) is 0 Å². The van der Waals surface area contributed by atoms with E-state index in [0.717, 1.165) is 13.2 Å². The van der Waals surface area contributed by atoms with E-state index in [0.29, 0.717) is 5.41 Å². The standard InChI is InChI=1S/C10H18O2/c1-9(2)11-7-10(8-12-9)5-3-4-6-10/h3-8H2,1-2H3. The minimum atomic E-state index is -0.339. The van der Waals surface area contributed by atoms with Gasteiger partial charge >= 0.3 is 0 Å². The van der Waals surface area contributed by atoms with Crippen LogP contribution in [-0.4, -0.2) is 19.0 Å². The number of ether oxygens (including phenoxy) is 2. The van der Waals surface area contributed by atoms with E-state index in [1.165, 1.54) is 25.7 Å². The fraction of sp³-hybridized carbons (Fsp3) is 1.00. The van der Waals surface area contributed by atoms with Crippen LogP contribution in [0.15, 0.2) is 0 Å². The van der Waals surface area contributed by atoms with Gasteiger partial charge < -0.3 is 9.47 Å². The Morgan fingerprint density at radius 2 is 1.42 bits per heavy atom. The average Bonchev–Trinajstić information content (AvgIpc) is 2.46. The lowest BCUT2D eigenvalue weighted by molar-refractivity contribution is -0.284. The van der Waals surface area contributed by atoms with Gasteiger partial charge in [-0.25, -0.2) is 0 Å². The zero-order valence-electron chi connectivity index (χ0n) is 8.06. The highest BCUT2D eigenvalue weighted by Crippen LogP contribution is 2.42. The van der Waals surface area contributed by atoms with Crippen molar-refractivity contribution in [1.29, 1.82) is 0 Å². The summed E-state index contributed by atoms with van der Waals surface area (Å²) < 4.78 is 11.4. The van der Waals surface area contributed by atoms with Crippen LogP contribution in [0.5, 0.6) is 0 Å². The SMILES string of the molecule is CC1(C)OCC2(CCCC2)CO1. The predicted octanol–water partition coefficient (Wildman–Crippen LogP) is 2.33. The van der Waals surface area contributed by atoms with Crippen molar-refractivity contribution in [3.63, 3.8) is 0 Å². The molecule has 2 nitrogen and oxygen atoms in total. The molecular formula is C10H18O2. The number of hydrogen-bond donors (Lipinski definition) is 0. The van der Waals surface area contributed by atoms with Crippen LogP contribution in [0.1, 0.15) is 39.5 Å². The summed E-state index contributed by atoms with van der Waals surface area (Å²) in [6.07, 6.45) is 5.30. The lowest BCUT2D eigenvalue weighted by atomic mass is 9.87. The van der Waals surface area contributed by atoms with Gasteiger partial charge in [-0.2, -0.15) is 0 Å². The highest BCUT2D eigenvalue weighted by molar-refractivity contribution is 4.87. The van der Waals surface area contributed by atoms with E-state index in [4.69, 9.17) is 9.47 Å². The van der Waals surface area contributed by atoms with Crippen molar-refractivity contribution in [1.82, 2.24) is 0 Å². The molecule has 0 amide bonds. The summed E-state index contributed by atoms with van der Waals surface area (Å²) in [4.78, 5) is 0. The van der Waals surface area contributed by atoms with Crippen molar-refractivity contribution < 1.29 is 9.47 Å². The molecule has 2 rings (SSSR count). The second-order valence-electron chi connectivity index (χ2n) is 4.68. The molecule has 1 aliphatic heterocycles. The third kappa shape index (κ3) is 1.50. The van der Waals surface area contributed by atoms with E-state index in [9.17, 15) is 0 Å². The summed E-state index contributed by atoms with van der Waals surface area (Å²) in [7, 11) is 0. The van der Waals surface area contributed by atoms with Gasteiger partial charge in [-0.05, 0) is 26.7 Å². The Morgan fingerprint density at radius 3 is 1.92 bits per heavy atom. The zero-order chi connectivity index (χ0) is 8.66. The van der Waals surface area contributed by atoms with Gasteiger partial charge in [0, 0.05) is 5.41 Å². The minimum absolute atomic E-state index is 0.339. The Kier molecular flexibility index (Phi) is 1.92. The first-order chi connectivity index (χ1) is 5.62. The largest absolute Gasteiger partial charge is 0.350 e. The molecule has 1 saturated carbocycles. The molecule has 0 bridgehead atoms. The van der Waals surface area contributed by atoms with E-state index in [1.807, 2.05) is 13.8 Å². The second-order valence-corrected chi connectivity index (χ2v) is 4.68. The molecule has 0 radical (unpaired) electrons. The monoisotopic (exact) mass is 170 g/mol. The van der Waals surface area contributed by atoms with Gasteiger partial charge in [-0.1, -0.05) is 12.8 Å². The van der Waals surface area contributed by atoms with Crippen molar-refractivity contribution in [2.24, 2.45) is 5.41 Å². The van der Waals surface area contributed by atoms with E-state index < -0.39 is 0 Å². The quantitative estimate of drug-likeness (QED) is 0.555. The average molecular weight is 170 g/mol. The fourth-order valence-corrected chi connectivity index (χ4v) is 2.15. The van der Waals surface area contributed by atoms with Crippen LogP contribution < -0.4 is 0 Å². The van der Waals surface area contributed by atoms with E-state index in [-0.39, 0.29) is 5.79 Å². The highest BCUT2D eigenvalue weighted by atomic mass is 16.7. The molecule has 0 unspecified atom stereocenters. The predicted molar refractivity (Wildman–Crippen MR) is 46.9 cm³/mol. The van der Waals surface area contributed by atoms with E-state index in [2.05, 4.69) is 0 Å². The molecule has 2 heteroatoms. The molecule has 0 N–H and O–H groups in total. The molecule has 1 saturated heterocycles. The van der Waals surface area contributed by atoms with Crippen LogP contribution in [0.2, 0.25) is 0 Å². The molecule has 0 aromatic rings. The van der Waals surface area contributed by atoms with Gasteiger partial charge in [0.05, 0.1) is 13.2 Å². The fourth-order valence-electron chi connectivity index (χ4n) is 2.15. The van der Waals surface area contributed by atoms with Gasteiger partial charge in [-0.3, -0.25) is 0 Å². The Bertz CT molecular complexity index is 157. The molecule has 0 aromatic carbocycles. The summed E-state index contributed by atoms with van der Waals surface area (Å²) in [6.45, 7) is 5.80. The first-order valence-corrected chi connectivity index (χ1v) is 4.90. The maximum Gasteiger partial charge on any atom is 0.162 e. The van der Waals surface area contributed by atoms with Gasteiger partial charge in [-0.15, -0.1) is 0 Å². The van der Waals surface area contributed by atoms with Crippen molar-refractivity contribution in [2.75, 3.05) is 13.2 Å². The zero-order valence-corrected chi connectivity index (χ0v) is 8.06. The first-order valence-electron chi connectivity index (χ1n) is 4.90. The molecule has 1 heterocycles. The lowest BCUT2D eigenvalue weighted by Gasteiger charge is -2.41. The Balaban J connectivity index is 1.97. The second kappa shape index (κ2) is 2.71. The van der Waals surface area contributed by atoms with Crippen molar-refractivity contribution in [2.45, 2.75) is 45.3 Å². The Hall–Kier alpha value is -0.0800. The molecular weight excluding hydrogens is 152 g/mol. The molecule has 0 aromatic heterocycles. The van der Waals surface area contributed by atoms with Crippen LogP contribution in [-0.2, 0) is 9.47 Å². The lowest BCUT2D eigenvalue weighted by Crippen LogP contribution is -2.45. The van der Waals surface area contributed by atoms with Crippen molar-refractivity contribution in [3.05, 3.63) is 0 Å². The van der Waals surface area contributed by atoms with Gasteiger partial charge in [0.1, 0.15) is 0 Å². The summed E-state index contributed by atoms with van der Waals surface area (Å²) >= 11 is 0. The van der Waals surface area contributed by atoms with Crippen LogP contribution in [0.25, 0.3) is 0 Å². The summed E-state index contributed by atoms with van der Waals surface area (Å²) in [5.74, 6) is -0.339. The van der Waals surface area contributed by atoms with Crippen LogP contribution in [0, 0.1) is 5.41 Å². The topological polar surface area (TPSA) is 18.5 Å². The maximum atomic E-state index is 5.68. The molecule has 0 atom stereocenters. The highest BCUT2D eigenvalue weighted by Gasteiger charge is 2.41. The Morgan fingerprint density at radius 1 is 0.917 bits per heavy atom. The smallest absolute Gasteiger partial charge is 0.162 e. The summed E-state index contributed by atoms with van der Waals surface area (Å²) in [5.41, 5.74) is 0.384. The van der Waals surface area contributed by atoms with Crippen LogP contribution in [0.4, 0.5) is 0 Å². The number of rotatable bonds is 0. The van der Waals surface area contributed by atoms with Crippen LogP contribution in [0.3, 0.4) is 0 Å². The summed E-state index contributed by atoms with van der Waals surface area (Å²) in [5, 5.41) is 0. The molecule has 2 fully saturated rings. The third-order valence-corrected chi connectivity index (χ3v) is 3.12. The van der Waals surface area contributed by atoms with Gasteiger partial charge in [0.15, 0.2) is 5.79 Å². The maximum absolute atomic E-state index is 5.68. The molecule has 70 valence electrons. The van der Waals surface area contributed by atoms with E-state index >= 15 is 0 Å². The normalized spacial score (nSPS) is 32.5. The molecule has 1 spiro atoms.